The van der Waals surface area contributed by atoms with Crippen molar-refractivity contribution < 1.29 is 18.1 Å². The lowest BCUT2D eigenvalue weighted by Gasteiger charge is -2.17. The highest BCUT2D eigenvalue weighted by molar-refractivity contribution is 7.89. The van der Waals surface area contributed by atoms with Crippen LogP contribution in [0.4, 0.5) is 5.69 Å². The average molecular weight is 405 g/mol. The highest BCUT2D eigenvalue weighted by atomic mass is 35.5. The minimum absolute atomic E-state index is 0.0838. The zero-order chi connectivity index (χ0) is 18.6. The van der Waals surface area contributed by atoms with E-state index in [2.05, 4.69) is 4.72 Å². The molecule has 0 heterocycles. The van der Waals surface area contributed by atoms with Crippen molar-refractivity contribution in [3.63, 3.8) is 0 Å². The molecule has 2 rings (SSSR count). The first kappa shape index (κ1) is 19.6. The van der Waals surface area contributed by atoms with Gasteiger partial charge in [0.25, 0.3) is 5.69 Å². The van der Waals surface area contributed by atoms with Crippen molar-refractivity contribution in [3.8, 4) is 0 Å². The summed E-state index contributed by atoms with van der Waals surface area (Å²) in [6, 6.07) is 10.9. The number of methoxy groups -OCH3 is 1. The smallest absolute Gasteiger partial charge is 0.272 e. The van der Waals surface area contributed by atoms with E-state index in [9.17, 15) is 18.5 Å². The number of hydrogen-bond donors (Lipinski definition) is 1. The van der Waals surface area contributed by atoms with Gasteiger partial charge in [0.05, 0.1) is 21.1 Å². The molecule has 0 unspecified atom stereocenters. The molecule has 0 saturated heterocycles. The van der Waals surface area contributed by atoms with Crippen LogP contribution in [0, 0.1) is 10.1 Å². The Hall–Kier alpha value is -1.71. The predicted octanol–water partition coefficient (Wildman–Crippen LogP) is 3.57. The molecule has 10 heteroatoms. The van der Waals surface area contributed by atoms with E-state index in [1.54, 1.807) is 24.3 Å². The molecule has 0 radical (unpaired) electrons. The molecule has 7 nitrogen and oxygen atoms in total. The van der Waals surface area contributed by atoms with E-state index in [4.69, 9.17) is 27.9 Å². The van der Waals surface area contributed by atoms with Crippen LogP contribution in [0.1, 0.15) is 11.7 Å². The molecule has 2 aromatic rings. The highest BCUT2D eigenvalue weighted by Crippen LogP contribution is 2.33. The van der Waals surface area contributed by atoms with Crippen molar-refractivity contribution in [2.75, 3.05) is 13.7 Å². The molecule has 134 valence electrons. The van der Waals surface area contributed by atoms with Crippen molar-refractivity contribution in [2.45, 2.75) is 11.0 Å². The molecular formula is C15H14Cl2N2O5S. The van der Waals surface area contributed by atoms with Crippen LogP contribution in [0.25, 0.3) is 0 Å². The number of sulfonamides is 1. The summed E-state index contributed by atoms with van der Waals surface area (Å²) in [4.78, 5) is 9.70. The van der Waals surface area contributed by atoms with Gasteiger partial charge in [0.1, 0.15) is 4.90 Å². The van der Waals surface area contributed by atoms with E-state index in [1.165, 1.54) is 7.11 Å². The van der Waals surface area contributed by atoms with Gasteiger partial charge in [0, 0.05) is 25.8 Å². The van der Waals surface area contributed by atoms with E-state index in [1.807, 2.05) is 6.07 Å². The third-order valence-corrected chi connectivity index (χ3v) is 5.76. The van der Waals surface area contributed by atoms with Gasteiger partial charge in [-0.25, -0.2) is 13.1 Å². The van der Waals surface area contributed by atoms with Gasteiger partial charge in [-0.3, -0.25) is 10.1 Å². The standard InChI is InChI=1S/C15H14Cl2N2O5S/c1-24-13(10-5-3-2-4-6-10)9-18-25(22,23)14-8-11(19(20)21)7-12(16)15(14)17/h2-8,13,18H,9H2,1H3/t13-/m0/s1. The van der Waals surface area contributed by atoms with E-state index >= 15 is 0 Å². The fourth-order valence-corrected chi connectivity index (χ4v) is 3.95. The van der Waals surface area contributed by atoms with Gasteiger partial charge in [-0.2, -0.15) is 0 Å². The van der Waals surface area contributed by atoms with Crippen LogP contribution < -0.4 is 4.72 Å². The zero-order valence-corrected chi connectivity index (χ0v) is 15.3. The Bertz CT molecular complexity index is 875. The van der Waals surface area contributed by atoms with Crippen molar-refractivity contribution in [3.05, 3.63) is 68.2 Å². The Morgan fingerprint density at radius 3 is 2.44 bits per heavy atom. The number of ether oxygens (including phenoxy) is 1. The number of rotatable bonds is 7. The van der Waals surface area contributed by atoms with Gasteiger partial charge in [-0.15, -0.1) is 0 Å². The topological polar surface area (TPSA) is 98.5 Å². The SMILES string of the molecule is CO[C@@H](CNS(=O)(=O)c1cc([N+](=O)[O-])cc(Cl)c1Cl)c1ccccc1. The van der Waals surface area contributed by atoms with Crippen LogP contribution in [-0.2, 0) is 14.8 Å². The number of nitrogens with one attached hydrogen (secondary N) is 1. The Labute approximate surface area is 154 Å². The number of hydrogen-bond acceptors (Lipinski definition) is 5. The van der Waals surface area contributed by atoms with Crippen LogP contribution in [-0.4, -0.2) is 27.0 Å². The Kier molecular flexibility index (Phi) is 6.36. The fraction of sp³-hybridized carbons (Fsp3) is 0.200. The van der Waals surface area contributed by atoms with Gasteiger partial charge in [-0.05, 0) is 5.56 Å². The molecule has 0 amide bonds. The molecule has 0 fully saturated rings. The first-order chi connectivity index (χ1) is 11.8. The molecule has 2 aromatic carbocycles. The number of nitrogens with zero attached hydrogens (tertiary/aromatic N) is 1. The third-order valence-electron chi connectivity index (χ3n) is 3.39. The summed E-state index contributed by atoms with van der Waals surface area (Å²) in [5.41, 5.74) is 0.303. The predicted molar refractivity (Wildman–Crippen MR) is 94.5 cm³/mol. The maximum atomic E-state index is 12.5. The molecule has 0 aliphatic carbocycles. The van der Waals surface area contributed by atoms with Crippen LogP contribution in [0.2, 0.25) is 10.0 Å². The highest BCUT2D eigenvalue weighted by Gasteiger charge is 2.25. The summed E-state index contributed by atoms with van der Waals surface area (Å²) in [7, 11) is -2.69. The lowest BCUT2D eigenvalue weighted by molar-refractivity contribution is -0.385. The Morgan fingerprint density at radius 2 is 1.88 bits per heavy atom. The van der Waals surface area contributed by atoms with E-state index in [-0.39, 0.29) is 16.6 Å². The van der Waals surface area contributed by atoms with Crippen molar-refractivity contribution in [2.24, 2.45) is 0 Å². The minimum Gasteiger partial charge on any atom is -0.375 e. The van der Waals surface area contributed by atoms with Gasteiger partial charge < -0.3 is 4.74 Å². The van der Waals surface area contributed by atoms with E-state index in [0.717, 1.165) is 17.7 Å². The number of benzene rings is 2. The summed E-state index contributed by atoms with van der Waals surface area (Å²) in [6.07, 6.45) is -0.538. The van der Waals surface area contributed by atoms with Gasteiger partial charge >= 0.3 is 0 Å². The summed E-state index contributed by atoms with van der Waals surface area (Å²) in [5, 5.41) is 10.4. The molecule has 0 bridgehead atoms. The summed E-state index contributed by atoms with van der Waals surface area (Å²) in [6.45, 7) is -0.0838. The Morgan fingerprint density at radius 1 is 1.24 bits per heavy atom. The van der Waals surface area contributed by atoms with Crippen molar-refractivity contribution in [1.29, 1.82) is 0 Å². The average Bonchev–Trinajstić information content (AvgIpc) is 2.58. The molecule has 0 saturated carbocycles. The van der Waals surface area contributed by atoms with E-state index < -0.39 is 31.6 Å². The summed E-state index contributed by atoms with van der Waals surface area (Å²) >= 11 is 11.7. The zero-order valence-electron chi connectivity index (χ0n) is 13.0. The summed E-state index contributed by atoms with van der Waals surface area (Å²) < 4.78 is 32.6. The third kappa shape index (κ3) is 4.68. The number of halogens is 2. The first-order valence-electron chi connectivity index (χ1n) is 6.97. The number of non-ortho nitro benzene ring substituents is 1. The monoisotopic (exact) mass is 404 g/mol. The van der Waals surface area contributed by atoms with Crippen LogP contribution >= 0.6 is 23.2 Å². The second kappa shape index (κ2) is 8.11. The van der Waals surface area contributed by atoms with Crippen molar-refractivity contribution in [1.82, 2.24) is 4.72 Å². The van der Waals surface area contributed by atoms with E-state index in [0.29, 0.717) is 0 Å². The molecule has 0 aromatic heterocycles. The molecule has 1 atom stereocenters. The first-order valence-corrected chi connectivity index (χ1v) is 9.21. The second-order valence-corrected chi connectivity index (χ2v) is 7.50. The number of nitro groups is 1. The normalized spacial score (nSPS) is 12.8. The van der Waals surface area contributed by atoms with Gasteiger partial charge in [-0.1, -0.05) is 53.5 Å². The molecule has 0 aliphatic heterocycles. The Balaban J connectivity index is 2.29. The van der Waals surface area contributed by atoms with Crippen LogP contribution in [0.15, 0.2) is 47.4 Å². The lowest BCUT2D eigenvalue weighted by atomic mass is 10.1. The van der Waals surface area contributed by atoms with Crippen molar-refractivity contribution >= 4 is 38.9 Å². The molecule has 25 heavy (non-hydrogen) atoms. The summed E-state index contributed by atoms with van der Waals surface area (Å²) in [5.74, 6) is 0. The lowest BCUT2D eigenvalue weighted by Crippen LogP contribution is -2.29. The molecular weight excluding hydrogens is 391 g/mol. The minimum atomic E-state index is -4.13. The van der Waals surface area contributed by atoms with Crippen LogP contribution in [0.3, 0.4) is 0 Å². The molecule has 0 spiro atoms. The quantitative estimate of drug-likeness (QED) is 0.561. The number of nitro benzene ring substituents is 1. The molecule has 1 N–H and O–H groups in total. The second-order valence-electron chi connectivity index (χ2n) is 4.98. The fourth-order valence-electron chi connectivity index (χ4n) is 2.12. The van der Waals surface area contributed by atoms with Crippen LogP contribution in [0.5, 0.6) is 0 Å². The van der Waals surface area contributed by atoms with Gasteiger partial charge in [0.15, 0.2) is 0 Å². The maximum absolute atomic E-state index is 12.5. The van der Waals surface area contributed by atoms with Gasteiger partial charge in [0.2, 0.25) is 10.0 Å². The molecule has 0 aliphatic rings. The largest absolute Gasteiger partial charge is 0.375 e. The maximum Gasteiger partial charge on any atom is 0.272 e.